The molecular weight excluding hydrogens is 1440 g/mol. The molecule has 0 radical (unpaired) electrons. The van der Waals surface area contributed by atoms with Gasteiger partial charge in [0.25, 0.3) is 13.4 Å². The summed E-state index contributed by atoms with van der Waals surface area (Å²) in [5, 5.41) is 6.90. The number of anilines is 15. The van der Waals surface area contributed by atoms with Crippen LogP contribution in [0.2, 0.25) is 0 Å². The number of hydrogen-bond acceptors (Lipinski definition) is 7. The van der Waals surface area contributed by atoms with Crippen LogP contribution < -0.4 is 62.0 Å². The Bertz CT molecular complexity index is 7260. The van der Waals surface area contributed by atoms with Crippen molar-refractivity contribution in [2.45, 2.75) is 0 Å². The average Bonchev–Trinajstić information content (AvgIpc) is 1.12. The molecule has 9 heteroatoms. The molecule has 1 aromatic heterocycles. The Morgan fingerprint density at radius 2 is 0.639 bits per heavy atom. The van der Waals surface area contributed by atoms with Crippen LogP contribution in [0.4, 0.5) is 85.3 Å². The van der Waals surface area contributed by atoms with E-state index >= 15 is 0 Å². The molecule has 119 heavy (non-hydrogen) atoms. The van der Waals surface area contributed by atoms with Crippen LogP contribution in [0.3, 0.4) is 0 Å². The van der Waals surface area contributed by atoms with E-state index in [-0.39, 0.29) is 13.4 Å². The lowest BCUT2D eigenvalue weighted by molar-refractivity contribution is 0.488. The van der Waals surface area contributed by atoms with E-state index in [4.69, 9.17) is 9.15 Å². The molecule has 24 rings (SSSR count). The zero-order valence-electron chi connectivity index (χ0n) is 64.7. The van der Waals surface area contributed by atoms with E-state index in [1.807, 2.05) is 0 Å². The fraction of sp³-hybridized carbons (Fsp3) is 0. The van der Waals surface area contributed by atoms with Gasteiger partial charge in [0.1, 0.15) is 22.7 Å². The van der Waals surface area contributed by atoms with Crippen LogP contribution in [0, 0.1) is 0 Å². The smallest absolute Gasteiger partial charge is 0.256 e. The number of nitrogens with zero attached hydrogens (tertiary/aromatic N) is 5. The fourth-order valence-electron chi connectivity index (χ4n) is 19.9. The third kappa shape index (κ3) is 10.8. The third-order valence-corrected chi connectivity index (χ3v) is 24.8. The van der Waals surface area contributed by atoms with Gasteiger partial charge >= 0.3 is 0 Å². The highest BCUT2D eigenvalue weighted by Crippen LogP contribution is 2.55. The van der Waals surface area contributed by atoms with Gasteiger partial charge in [-0.15, -0.1) is 0 Å². The summed E-state index contributed by atoms with van der Waals surface area (Å²) >= 11 is 0. The molecule has 0 aliphatic carbocycles. The van der Waals surface area contributed by atoms with Gasteiger partial charge in [0.05, 0.1) is 33.8 Å². The zero-order valence-corrected chi connectivity index (χ0v) is 64.7. The van der Waals surface area contributed by atoms with Crippen LogP contribution >= 0.6 is 0 Å². The maximum absolute atomic E-state index is 8.21. The van der Waals surface area contributed by atoms with Crippen LogP contribution in [0.25, 0.3) is 88.0 Å². The molecule has 0 unspecified atom stereocenters. The van der Waals surface area contributed by atoms with Gasteiger partial charge in [-0.2, -0.15) is 0 Å². The predicted octanol–water partition coefficient (Wildman–Crippen LogP) is 26.0. The van der Waals surface area contributed by atoms with Crippen molar-refractivity contribution in [3.05, 3.63) is 431 Å². The Labute approximate surface area is 690 Å². The van der Waals surface area contributed by atoms with Crippen LogP contribution in [-0.2, 0) is 0 Å². The average molecular weight is 1520 g/mol. The number of ether oxygens (including phenoxy) is 1. The van der Waals surface area contributed by atoms with E-state index < -0.39 is 0 Å². The van der Waals surface area contributed by atoms with E-state index in [0.29, 0.717) is 0 Å². The third-order valence-electron chi connectivity index (χ3n) is 24.8. The van der Waals surface area contributed by atoms with Gasteiger partial charge in [0.2, 0.25) is 0 Å². The molecule has 19 aromatic carbocycles. The molecule has 5 heterocycles. The first-order valence-corrected chi connectivity index (χ1v) is 40.9. The Morgan fingerprint density at radius 3 is 1.20 bits per heavy atom. The summed E-state index contributed by atoms with van der Waals surface area (Å²) in [4.78, 5) is 12.5. The summed E-state index contributed by atoms with van der Waals surface area (Å²) in [5.74, 6) is 1.54. The number of furan rings is 1. The zero-order chi connectivity index (χ0) is 78.2. The maximum atomic E-state index is 8.21. The second kappa shape index (κ2) is 27.6. The largest absolute Gasteiger partial charge is 0.458 e. The lowest BCUT2D eigenvalue weighted by Crippen LogP contribution is -2.64. The van der Waals surface area contributed by atoms with Gasteiger partial charge in [0.15, 0.2) is 0 Å². The minimum absolute atomic E-state index is 0.271. The van der Waals surface area contributed by atoms with Gasteiger partial charge in [0, 0.05) is 85.5 Å². The number of benzene rings is 19. The summed E-state index contributed by atoms with van der Waals surface area (Å²) in [6, 6.07) is 158. The fourth-order valence-corrected chi connectivity index (χ4v) is 19.9. The van der Waals surface area contributed by atoms with Crippen LogP contribution in [0.15, 0.2) is 435 Å². The summed E-state index contributed by atoms with van der Waals surface area (Å²) < 4.78 is 15.2. The molecule has 0 N–H and O–H groups in total. The highest BCUT2D eigenvalue weighted by molar-refractivity contribution is 7.02. The minimum Gasteiger partial charge on any atom is -0.458 e. The van der Waals surface area contributed by atoms with Crippen molar-refractivity contribution in [3.63, 3.8) is 0 Å². The molecule has 0 saturated heterocycles. The highest BCUT2D eigenvalue weighted by atomic mass is 16.5. The first kappa shape index (κ1) is 67.9. The van der Waals surface area contributed by atoms with E-state index in [9.17, 15) is 0 Å². The topological polar surface area (TPSA) is 38.6 Å². The van der Waals surface area contributed by atoms with Crippen LogP contribution in [0.1, 0.15) is 0 Å². The van der Waals surface area contributed by atoms with Crippen molar-refractivity contribution in [1.82, 2.24) is 0 Å². The molecule has 554 valence electrons. The second-order valence-corrected chi connectivity index (χ2v) is 31.3. The van der Waals surface area contributed by atoms with Crippen molar-refractivity contribution >= 4 is 175 Å². The van der Waals surface area contributed by atoms with Crippen LogP contribution in [-0.4, -0.2) is 13.4 Å². The normalized spacial score (nSPS) is 12.7. The molecule has 0 bridgehead atoms. The minimum atomic E-state index is -0.319. The van der Waals surface area contributed by atoms with Gasteiger partial charge < -0.3 is 33.7 Å². The Morgan fingerprint density at radius 1 is 0.227 bits per heavy atom. The maximum Gasteiger partial charge on any atom is 0.256 e. The number of hydrogen-bond donors (Lipinski definition) is 0. The molecule has 7 nitrogen and oxygen atoms in total. The van der Waals surface area contributed by atoms with Gasteiger partial charge in [-0.1, -0.05) is 309 Å². The lowest BCUT2D eigenvalue weighted by atomic mass is 9.30. The molecule has 0 fully saturated rings. The molecule has 0 amide bonds. The summed E-state index contributed by atoms with van der Waals surface area (Å²) in [6.45, 7) is -0.590. The van der Waals surface area contributed by atoms with Gasteiger partial charge in [-0.05, 0) is 197 Å². The second-order valence-electron chi connectivity index (χ2n) is 31.3. The molecule has 0 spiro atoms. The van der Waals surface area contributed by atoms with Gasteiger partial charge in [-0.3, -0.25) is 0 Å². The summed E-state index contributed by atoms with van der Waals surface area (Å²) in [6.07, 6.45) is 0. The van der Waals surface area contributed by atoms with E-state index in [1.54, 1.807) is 0 Å². The summed E-state index contributed by atoms with van der Waals surface area (Å²) in [5.41, 5.74) is 33.2. The molecule has 20 aromatic rings. The van der Waals surface area contributed by atoms with E-state index in [0.717, 1.165) is 163 Å². The highest BCUT2D eigenvalue weighted by Gasteiger charge is 2.49. The summed E-state index contributed by atoms with van der Waals surface area (Å²) in [7, 11) is 0. The quantitative estimate of drug-likeness (QED) is 0.0841. The molecule has 0 atom stereocenters. The first-order chi connectivity index (χ1) is 59.1. The van der Waals surface area contributed by atoms with Crippen molar-refractivity contribution in [2.75, 3.05) is 24.5 Å². The molecule has 4 aliphatic heterocycles. The lowest BCUT2D eigenvalue weighted by Gasteiger charge is -2.46. The number of para-hydroxylation sites is 8. The SMILES string of the molecule is c1ccc(-c2ccccc2N(c2cc3c4c(c2)N(c2ccc(-c5c6ccccc6c(-c6ccccc6)c6ccccc56)cc2)c2ccccc2B4c2cc4c(cc2O3)N(c2cccc3oc5ccccc5c23)c2cc(N(c3ccccc3)c3ccccc3)cc3c2B4c2ccccc2N3c2ccccc2)c2ccccc2-c2ccccc2)cc1. The molecule has 4 aliphatic rings. The Balaban J connectivity index is 0.780. The first-order valence-electron chi connectivity index (χ1n) is 40.9. The molecular formula is C110H71B2N5O2. The standard InChI is InChI=1S/C110H71B2N5O2/c1-7-34-72(35-8-1)82-46-23-28-55-93(82)116(94-56-29-24-47-83(94)73-36-9-2-10-37-73)81-68-101-110-105(69-81)119-104-71-98-91(70-92(104)112(110)90-54-27-31-58-96(90)115(101)79-64-62-75(63-65-79)107-86-50-21-19-48-84(86)106(74-38-11-3-12-39-74)85-49-20-22-51-87(85)107)111-89-53-26-30-57-95(89)114(78-44-17-6-18-45-78)99-66-80(113(76-40-13-4-14-41-76)77-42-15-5-16-43-77)67-100(109(99)111)117(98)97-59-33-61-103-108(97)88-52-25-32-60-102(88)118-103/h1-71H. The van der Waals surface area contributed by atoms with E-state index in [1.165, 1.54) is 54.6 Å². The van der Waals surface area contributed by atoms with E-state index in [2.05, 4.69) is 455 Å². The number of rotatable bonds is 13. The van der Waals surface area contributed by atoms with Crippen molar-refractivity contribution in [2.24, 2.45) is 0 Å². The van der Waals surface area contributed by atoms with Gasteiger partial charge in [-0.25, -0.2) is 0 Å². The Kier molecular flexibility index (Phi) is 15.7. The predicted molar refractivity (Wildman–Crippen MR) is 500 cm³/mol. The van der Waals surface area contributed by atoms with Crippen LogP contribution in [0.5, 0.6) is 11.5 Å². The monoisotopic (exact) mass is 1520 g/mol. The molecule has 0 saturated carbocycles. The number of fused-ring (bicyclic) bond motifs is 13. The Hall–Kier alpha value is -15.6. The van der Waals surface area contributed by atoms with Crippen molar-refractivity contribution in [3.8, 4) is 56.0 Å². The van der Waals surface area contributed by atoms with Crippen molar-refractivity contribution < 1.29 is 9.15 Å². The van der Waals surface area contributed by atoms with Crippen molar-refractivity contribution in [1.29, 1.82) is 0 Å².